The molecule has 2 aromatic heterocycles. The fourth-order valence-electron chi connectivity index (χ4n) is 1.27. The average Bonchev–Trinajstić information content (AvgIpc) is 2.57. The van der Waals surface area contributed by atoms with Gasteiger partial charge in [0.25, 0.3) is 0 Å². The zero-order valence-electron chi connectivity index (χ0n) is 7.95. The number of nitrogens with zero attached hydrogens (tertiary/aromatic N) is 4. The average molecular weight is 209 g/mol. The highest BCUT2D eigenvalue weighted by Gasteiger charge is 2.09. The SMILES string of the molecule is NCC(O)Cn1nc2cnccn2c1=O. The van der Waals surface area contributed by atoms with Crippen LogP contribution >= 0.6 is 0 Å². The van der Waals surface area contributed by atoms with Crippen LogP contribution in [0.5, 0.6) is 0 Å². The molecule has 3 N–H and O–H groups in total. The Morgan fingerprint density at radius 3 is 3.07 bits per heavy atom. The molecule has 0 fully saturated rings. The maximum atomic E-state index is 11.7. The lowest BCUT2D eigenvalue weighted by Crippen LogP contribution is -2.31. The molecule has 0 saturated carbocycles. The van der Waals surface area contributed by atoms with Crippen molar-refractivity contribution in [3.05, 3.63) is 29.1 Å². The van der Waals surface area contributed by atoms with Gasteiger partial charge in [-0.3, -0.25) is 4.98 Å². The van der Waals surface area contributed by atoms with Crippen molar-refractivity contribution in [1.29, 1.82) is 0 Å². The lowest BCUT2D eigenvalue weighted by atomic mass is 10.4. The molecule has 0 saturated heterocycles. The second-order valence-electron chi connectivity index (χ2n) is 3.16. The van der Waals surface area contributed by atoms with E-state index in [0.717, 1.165) is 0 Å². The first kappa shape index (κ1) is 9.81. The summed E-state index contributed by atoms with van der Waals surface area (Å²) in [6, 6.07) is 0. The molecule has 7 heteroatoms. The van der Waals surface area contributed by atoms with E-state index in [0.29, 0.717) is 5.65 Å². The van der Waals surface area contributed by atoms with Crippen molar-refractivity contribution < 1.29 is 5.11 Å². The highest BCUT2D eigenvalue weighted by molar-refractivity contribution is 5.31. The van der Waals surface area contributed by atoms with Crippen LogP contribution in [0.15, 0.2) is 23.4 Å². The van der Waals surface area contributed by atoms with Crippen LogP contribution < -0.4 is 11.4 Å². The van der Waals surface area contributed by atoms with E-state index in [1.54, 1.807) is 0 Å². The molecule has 0 aliphatic carbocycles. The zero-order chi connectivity index (χ0) is 10.8. The zero-order valence-corrected chi connectivity index (χ0v) is 7.95. The predicted octanol–water partition coefficient (Wildman–Crippen LogP) is -1.79. The van der Waals surface area contributed by atoms with E-state index in [2.05, 4.69) is 10.1 Å². The molecule has 0 bridgehead atoms. The van der Waals surface area contributed by atoms with Gasteiger partial charge in [-0.25, -0.2) is 13.9 Å². The van der Waals surface area contributed by atoms with Crippen LogP contribution in [0.25, 0.3) is 5.65 Å². The van der Waals surface area contributed by atoms with Crippen LogP contribution in [0.2, 0.25) is 0 Å². The van der Waals surface area contributed by atoms with Crippen LogP contribution in [0.4, 0.5) is 0 Å². The van der Waals surface area contributed by atoms with E-state index in [1.807, 2.05) is 0 Å². The molecule has 15 heavy (non-hydrogen) atoms. The van der Waals surface area contributed by atoms with Gasteiger partial charge in [-0.05, 0) is 0 Å². The smallest absolute Gasteiger partial charge is 0.350 e. The van der Waals surface area contributed by atoms with Gasteiger partial charge in [-0.1, -0.05) is 0 Å². The molecule has 0 aromatic carbocycles. The van der Waals surface area contributed by atoms with E-state index >= 15 is 0 Å². The minimum absolute atomic E-state index is 0.0943. The maximum Gasteiger partial charge on any atom is 0.350 e. The Balaban J connectivity index is 2.45. The third kappa shape index (κ3) is 1.74. The van der Waals surface area contributed by atoms with Gasteiger partial charge in [-0.2, -0.15) is 0 Å². The van der Waals surface area contributed by atoms with Crippen molar-refractivity contribution in [3.63, 3.8) is 0 Å². The Morgan fingerprint density at radius 1 is 1.60 bits per heavy atom. The van der Waals surface area contributed by atoms with E-state index in [9.17, 15) is 9.90 Å². The summed E-state index contributed by atoms with van der Waals surface area (Å²) in [5.41, 5.74) is 5.40. The molecule has 2 aromatic rings. The number of fused-ring (bicyclic) bond motifs is 1. The maximum absolute atomic E-state index is 11.7. The van der Waals surface area contributed by atoms with E-state index in [1.165, 1.54) is 27.7 Å². The van der Waals surface area contributed by atoms with Gasteiger partial charge in [0.1, 0.15) is 0 Å². The van der Waals surface area contributed by atoms with Crippen molar-refractivity contribution in [2.24, 2.45) is 5.73 Å². The van der Waals surface area contributed by atoms with Crippen LogP contribution in [-0.4, -0.2) is 36.9 Å². The summed E-state index contributed by atoms with van der Waals surface area (Å²) in [6.07, 6.45) is 3.74. The summed E-state index contributed by atoms with van der Waals surface area (Å²) in [6.45, 7) is 0.190. The third-order valence-electron chi connectivity index (χ3n) is 2.04. The molecule has 1 atom stereocenters. The molecule has 0 aliphatic heterocycles. The monoisotopic (exact) mass is 209 g/mol. The summed E-state index contributed by atoms with van der Waals surface area (Å²) < 4.78 is 2.53. The second-order valence-corrected chi connectivity index (χ2v) is 3.16. The highest BCUT2D eigenvalue weighted by atomic mass is 16.3. The fourth-order valence-corrected chi connectivity index (χ4v) is 1.27. The number of aromatic nitrogens is 4. The van der Waals surface area contributed by atoms with Gasteiger partial charge < -0.3 is 10.8 Å². The van der Waals surface area contributed by atoms with Crippen LogP contribution in [0.1, 0.15) is 0 Å². The van der Waals surface area contributed by atoms with Gasteiger partial charge in [0.2, 0.25) is 0 Å². The summed E-state index contributed by atoms with van der Waals surface area (Å²) in [5.74, 6) is 0. The van der Waals surface area contributed by atoms with E-state index < -0.39 is 6.10 Å². The minimum Gasteiger partial charge on any atom is -0.390 e. The third-order valence-corrected chi connectivity index (χ3v) is 2.04. The lowest BCUT2D eigenvalue weighted by molar-refractivity contribution is 0.156. The van der Waals surface area contributed by atoms with Crippen molar-refractivity contribution in [1.82, 2.24) is 19.2 Å². The Morgan fingerprint density at radius 2 is 2.40 bits per heavy atom. The standard InChI is InChI=1S/C8H11N5O2/c9-3-6(14)5-13-8(15)12-2-1-10-4-7(12)11-13/h1-2,4,6,14H,3,5,9H2. The summed E-state index contributed by atoms with van der Waals surface area (Å²) in [4.78, 5) is 15.5. The van der Waals surface area contributed by atoms with Crippen molar-refractivity contribution in [2.45, 2.75) is 12.6 Å². The fraction of sp³-hybridized carbons (Fsp3) is 0.375. The molecular weight excluding hydrogens is 198 g/mol. The number of hydrogen-bond acceptors (Lipinski definition) is 5. The Bertz CT molecular complexity index is 517. The second kappa shape index (κ2) is 3.79. The molecule has 0 spiro atoms. The Hall–Kier alpha value is -1.73. The van der Waals surface area contributed by atoms with Crippen molar-refractivity contribution in [2.75, 3.05) is 6.54 Å². The van der Waals surface area contributed by atoms with Gasteiger partial charge in [0, 0.05) is 18.9 Å². The van der Waals surface area contributed by atoms with Crippen molar-refractivity contribution in [3.8, 4) is 0 Å². The molecule has 0 amide bonds. The molecule has 0 aliphatic rings. The largest absolute Gasteiger partial charge is 0.390 e. The summed E-state index contributed by atoms with van der Waals surface area (Å²) in [5, 5.41) is 13.3. The number of nitrogens with two attached hydrogens (primary N) is 1. The number of rotatable bonds is 3. The Labute approximate surface area is 84.8 Å². The number of aliphatic hydroxyl groups is 1. The summed E-state index contributed by atoms with van der Waals surface area (Å²) >= 11 is 0. The first-order valence-electron chi connectivity index (χ1n) is 4.49. The predicted molar refractivity (Wildman–Crippen MR) is 52.3 cm³/mol. The molecule has 2 rings (SSSR count). The molecule has 7 nitrogen and oxygen atoms in total. The van der Waals surface area contributed by atoms with Gasteiger partial charge >= 0.3 is 5.69 Å². The van der Waals surface area contributed by atoms with Crippen molar-refractivity contribution >= 4 is 5.65 Å². The van der Waals surface area contributed by atoms with E-state index in [4.69, 9.17) is 5.73 Å². The van der Waals surface area contributed by atoms with Gasteiger partial charge in [0.15, 0.2) is 5.65 Å². The van der Waals surface area contributed by atoms with Crippen LogP contribution in [0.3, 0.4) is 0 Å². The molecule has 80 valence electrons. The minimum atomic E-state index is -0.763. The highest BCUT2D eigenvalue weighted by Crippen LogP contribution is 1.93. The number of hydrogen-bond donors (Lipinski definition) is 2. The van der Waals surface area contributed by atoms with Gasteiger partial charge in [0.05, 0.1) is 18.8 Å². The van der Waals surface area contributed by atoms with Gasteiger partial charge in [-0.15, -0.1) is 5.10 Å². The van der Waals surface area contributed by atoms with E-state index in [-0.39, 0.29) is 18.8 Å². The first-order chi connectivity index (χ1) is 7.22. The molecule has 1 unspecified atom stereocenters. The summed E-state index contributed by atoms with van der Waals surface area (Å²) in [7, 11) is 0. The molecule has 0 radical (unpaired) electrons. The molecule has 2 heterocycles. The lowest BCUT2D eigenvalue weighted by Gasteiger charge is -2.04. The first-order valence-corrected chi connectivity index (χ1v) is 4.49. The van der Waals surface area contributed by atoms with Crippen LogP contribution in [-0.2, 0) is 6.54 Å². The topological polar surface area (TPSA) is 98.4 Å². The Kier molecular flexibility index (Phi) is 2.48. The van der Waals surface area contributed by atoms with Crippen LogP contribution in [0, 0.1) is 0 Å². The normalized spacial score (nSPS) is 13.2. The number of aliphatic hydroxyl groups excluding tert-OH is 1. The molecular formula is C8H11N5O2. The quantitative estimate of drug-likeness (QED) is 0.622.